The molecule has 0 aliphatic carbocycles. The van der Waals surface area contributed by atoms with Gasteiger partial charge < -0.3 is 9.47 Å². The van der Waals surface area contributed by atoms with E-state index in [2.05, 4.69) is 4.98 Å². The Hall–Kier alpha value is -1.41. The molecule has 0 aromatic carbocycles. The van der Waals surface area contributed by atoms with Crippen molar-refractivity contribution in [1.82, 2.24) is 18.8 Å². The van der Waals surface area contributed by atoms with Gasteiger partial charge in [0.05, 0.1) is 0 Å². The maximum atomic E-state index is 12.7. The summed E-state index contributed by atoms with van der Waals surface area (Å²) in [5.74, 6) is 1.07. The number of carbonyl (C=O) groups excluding carboxylic acids is 1. The Balaban J connectivity index is 2.09. The maximum Gasteiger partial charge on any atom is 0.262 e. The third-order valence-electron chi connectivity index (χ3n) is 4.08. The summed E-state index contributed by atoms with van der Waals surface area (Å²) >= 11 is 0. The fourth-order valence-electron chi connectivity index (χ4n) is 2.64. The normalized spacial score (nSPS) is 17.5. The van der Waals surface area contributed by atoms with Crippen molar-refractivity contribution in [2.45, 2.75) is 38.6 Å². The number of rotatable bonds is 4. The van der Waals surface area contributed by atoms with E-state index in [0.717, 1.165) is 0 Å². The molecule has 2 heterocycles. The van der Waals surface area contributed by atoms with Crippen LogP contribution in [0.15, 0.2) is 11.2 Å². The lowest BCUT2D eigenvalue weighted by atomic mass is 10.1. The first kappa shape index (κ1) is 17.9. The summed E-state index contributed by atoms with van der Waals surface area (Å²) in [6.45, 7) is 7.58. The molecular formula is C15H26N4O3S. The van der Waals surface area contributed by atoms with Crippen LogP contribution < -0.4 is 0 Å². The van der Waals surface area contributed by atoms with Crippen molar-refractivity contribution in [2.75, 3.05) is 26.2 Å². The van der Waals surface area contributed by atoms with E-state index in [1.54, 1.807) is 23.4 Å². The molecule has 1 fully saturated rings. The van der Waals surface area contributed by atoms with Gasteiger partial charge in [-0.1, -0.05) is 13.8 Å². The van der Waals surface area contributed by atoms with Crippen molar-refractivity contribution in [3.63, 3.8) is 0 Å². The van der Waals surface area contributed by atoms with E-state index in [1.807, 2.05) is 13.8 Å². The molecule has 1 aliphatic heterocycles. The first-order valence-corrected chi connectivity index (χ1v) is 9.43. The van der Waals surface area contributed by atoms with E-state index in [9.17, 15) is 13.2 Å². The van der Waals surface area contributed by atoms with Gasteiger partial charge in [0.25, 0.3) is 10.0 Å². The highest BCUT2D eigenvalue weighted by molar-refractivity contribution is 7.89. The number of aromatic nitrogens is 2. The molecule has 0 spiro atoms. The maximum absolute atomic E-state index is 12.7. The Morgan fingerprint density at radius 3 is 2.52 bits per heavy atom. The summed E-state index contributed by atoms with van der Waals surface area (Å²) in [6.07, 6.45) is 2.69. The van der Waals surface area contributed by atoms with Crippen LogP contribution in [0.2, 0.25) is 0 Å². The van der Waals surface area contributed by atoms with Gasteiger partial charge >= 0.3 is 0 Å². The molecule has 0 N–H and O–H groups in total. The molecule has 23 heavy (non-hydrogen) atoms. The zero-order chi connectivity index (χ0) is 17.2. The van der Waals surface area contributed by atoms with E-state index in [4.69, 9.17) is 0 Å². The van der Waals surface area contributed by atoms with Gasteiger partial charge in [-0.15, -0.1) is 0 Å². The Morgan fingerprint density at radius 1 is 1.26 bits per heavy atom. The molecule has 8 heteroatoms. The van der Waals surface area contributed by atoms with E-state index < -0.39 is 10.0 Å². The van der Waals surface area contributed by atoms with Crippen LogP contribution in [0, 0.1) is 12.8 Å². The number of sulfonamides is 1. The molecule has 130 valence electrons. The lowest BCUT2D eigenvalue weighted by Crippen LogP contribution is -2.37. The van der Waals surface area contributed by atoms with Crippen molar-refractivity contribution >= 4 is 15.9 Å². The minimum absolute atomic E-state index is 0.0828. The second kappa shape index (κ2) is 7.00. The SMILES string of the molecule is Cc1nc(S(=O)(=O)N2CCCN(C(=O)CC(C)C)CC2)cn1C. The second-order valence-corrected chi connectivity index (χ2v) is 8.36. The topological polar surface area (TPSA) is 75.5 Å². The average molecular weight is 342 g/mol. The summed E-state index contributed by atoms with van der Waals surface area (Å²) in [6, 6.07) is 0. The molecule has 7 nitrogen and oxygen atoms in total. The third kappa shape index (κ3) is 4.11. The molecule has 0 unspecified atom stereocenters. The van der Waals surface area contributed by atoms with Crippen molar-refractivity contribution in [3.8, 4) is 0 Å². The lowest BCUT2D eigenvalue weighted by molar-refractivity contribution is -0.131. The van der Waals surface area contributed by atoms with Crippen LogP contribution in [0.5, 0.6) is 0 Å². The van der Waals surface area contributed by atoms with Gasteiger partial charge in [0.2, 0.25) is 5.91 Å². The summed E-state index contributed by atoms with van der Waals surface area (Å²) in [5, 5.41) is 0.0828. The van der Waals surface area contributed by atoms with E-state index in [0.29, 0.717) is 50.8 Å². The Labute approximate surface area is 138 Å². The Morgan fingerprint density at radius 2 is 1.96 bits per heavy atom. The summed E-state index contributed by atoms with van der Waals surface area (Å²) in [7, 11) is -1.82. The molecule has 0 bridgehead atoms. The summed E-state index contributed by atoms with van der Waals surface area (Å²) in [5.41, 5.74) is 0. The first-order chi connectivity index (χ1) is 10.7. The number of nitrogens with zero attached hydrogens (tertiary/aromatic N) is 4. The quantitative estimate of drug-likeness (QED) is 0.818. The van der Waals surface area contributed by atoms with Crippen LogP contribution in [-0.2, 0) is 21.9 Å². The second-order valence-electron chi connectivity index (χ2n) is 6.47. The summed E-state index contributed by atoms with van der Waals surface area (Å²) in [4.78, 5) is 18.1. The number of hydrogen-bond acceptors (Lipinski definition) is 4. The fraction of sp³-hybridized carbons (Fsp3) is 0.733. The highest BCUT2D eigenvalue weighted by Crippen LogP contribution is 2.17. The highest BCUT2D eigenvalue weighted by atomic mass is 32.2. The van der Waals surface area contributed by atoms with Gasteiger partial charge in [-0.25, -0.2) is 13.4 Å². The molecule has 1 saturated heterocycles. The zero-order valence-electron chi connectivity index (χ0n) is 14.3. The predicted octanol–water partition coefficient (Wildman–Crippen LogP) is 0.998. The fourth-order valence-corrected chi connectivity index (χ4v) is 4.14. The van der Waals surface area contributed by atoms with Crippen LogP contribution in [0.3, 0.4) is 0 Å². The molecule has 0 saturated carbocycles. The van der Waals surface area contributed by atoms with E-state index >= 15 is 0 Å². The van der Waals surface area contributed by atoms with Crippen LogP contribution in [0.25, 0.3) is 0 Å². The highest BCUT2D eigenvalue weighted by Gasteiger charge is 2.30. The van der Waals surface area contributed by atoms with E-state index in [-0.39, 0.29) is 10.9 Å². The van der Waals surface area contributed by atoms with Gasteiger partial charge in [0.1, 0.15) is 5.82 Å². The van der Waals surface area contributed by atoms with Crippen molar-refractivity contribution in [2.24, 2.45) is 13.0 Å². The lowest BCUT2D eigenvalue weighted by Gasteiger charge is -2.22. The number of imidazole rings is 1. The molecular weight excluding hydrogens is 316 g/mol. The van der Waals surface area contributed by atoms with Gasteiger partial charge in [-0.2, -0.15) is 4.31 Å². The molecule has 1 aromatic heterocycles. The number of hydrogen-bond donors (Lipinski definition) is 0. The molecule has 0 atom stereocenters. The molecule has 1 amide bonds. The van der Waals surface area contributed by atoms with Crippen molar-refractivity contribution in [3.05, 3.63) is 12.0 Å². The smallest absolute Gasteiger partial charge is 0.262 e. The van der Waals surface area contributed by atoms with Gasteiger partial charge in [-0.05, 0) is 19.3 Å². The van der Waals surface area contributed by atoms with Gasteiger partial charge in [0, 0.05) is 45.8 Å². The number of amides is 1. The Kier molecular flexibility index (Phi) is 5.46. The minimum Gasteiger partial charge on any atom is -0.341 e. The largest absolute Gasteiger partial charge is 0.341 e. The van der Waals surface area contributed by atoms with Crippen molar-refractivity contribution < 1.29 is 13.2 Å². The standard InChI is InChI=1S/C15H26N4O3S/c1-12(2)10-15(20)18-6-5-7-19(9-8-18)23(21,22)14-11-17(4)13(3)16-14/h11-12H,5-10H2,1-4H3. The zero-order valence-corrected chi connectivity index (χ0v) is 15.1. The average Bonchev–Trinajstić information content (AvgIpc) is 2.67. The van der Waals surface area contributed by atoms with E-state index in [1.165, 1.54) is 10.5 Å². The van der Waals surface area contributed by atoms with Gasteiger partial charge in [-0.3, -0.25) is 4.79 Å². The number of aryl methyl sites for hydroxylation is 2. The van der Waals surface area contributed by atoms with Crippen LogP contribution in [0.1, 0.15) is 32.5 Å². The minimum atomic E-state index is -3.60. The van der Waals surface area contributed by atoms with Crippen molar-refractivity contribution in [1.29, 1.82) is 0 Å². The monoisotopic (exact) mass is 342 g/mol. The summed E-state index contributed by atoms with van der Waals surface area (Å²) < 4.78 is 28.6. The van der Waals surface area contributed by atoms with Crippen LogP contribution in [0.4, 0.5) is 0 Å². The molecule has 1 aromatic rings. The number of carbonyl (C=O) groups is 1. The third-order valence-corrected chi connectivity index (χ3v) is 5.85. The first-order valence-electron chi connectivity index (χ1n) is 7.99. The Bertz CT molecular complexity index is 647. The molecule has 0 radical (unpaired) electrons. The van der Waals surface area contributed by atoms with Gasteiger partial charge in [0.15, 0.2) is 5.03 Å². The molecule has 1 aliphatic rings. The van der Waals surface area contributed by atoms with Crippen LogP contribution in [-0.4, -0.2) is 59.3 Å². The predicted molar refractivity (Wildman–Crippen MR) is 87.4 cm³/mol. The molecule has 2 rings (SSSR count). The van der Waals surface area contributed by atoms with Crippen LogP contribution >= 0.6 is 0 Å².